The van der Waals surface area contributed by atoms with Gasteiger partial charge in [0.05, 0.1) is 16.5 Å². The average Bonchev–Trinajstić information content (AvgIpc) is 2.91. The molecule has 1 aliphatic carbocycles. The van der Waals surface area contributed by atoms with Gasteiger partial charge in [0.1, 0.15) is 11.1 Å². The first-order chi connectivity index (χ1) is 12.6. The normalized spacial score (nSPS) is 14.8. The Bertz CT molecular complexity index is 841. The van der Waals surface area contributed by atoms with Gasteiger partial charge in [-0.05, 0) is 50.7 Å². The molecule has 0 saturated heterocycles. The monoisotopic (exact) mass is 386 g/mol. The predicted molar refractivity (Wildman–Crippen MR) is 106 cm³/mol. The average molecular weight is 387 g/mol. The minimum absolute atomic E-state index is 0.0903. The lowest BCUT2D eigenvalue weighted by molar-refractivity contribution is -0.115. The smallest absolute Gasteiger partial charge is 0.239 e. The van der Waals surface area contributed by atoms with E-state index in [0.717, 1.165) is 37.1 Å². The third-order valence-electron chi connectivity index (χ3n) is 4.40. The van der Waals surface area contributed by atoms with Crippen molar-refractivity contribution < 1.29 is 4.79 Å². The molecule has 7 heteroatoms. The van der Waals surface area contributed by atoms with Gasteiger partial charge in [0.15, 0.2) is 5.13 Å². The lowest BCUT2D eigenvalue weighted by atomic mass is 10.1. The van der Waals surface area contributed by atoms with Crippen molar-refractivity contribution in [3.63, 3.8) is 0 Å². The van der Waals surface area contributed by atoms with Gasteiger partial charge in [-0.2, -0.15) is 5.26 Å². The van der Waals surface area contributed by atoms with Gasteiger partial charge < -0.3 is 5.32 Å². The van der Waals surface area contributed by atoms with Gasteiger partial charge in [-0.15, -0.1) is 11.3 Å². The molecule has 2 aromatic rings. The summed E-state index contributed by atoms with van der Waals surface area (Å²) in [5.41, 5.74) is 3.76. The number of nitrogens with zero attached hydrogens (tertiary/aromatic N) is 3. The molecule has 1 N–H and O–H groups in total. The fraction of sp³-hybridized carbons (Fsp3) is 0.474. The maximum absolute atomic E-state index is 12.6. The highest BCUT2D eigenvalue weighted by Crippen LogP contribution is 2.31. The summed E-state index contributed by atoms with van der Waals surface area (Å²) >= 11 is 2.81. The Hall–Kier alpha value is -1.91. The van der Waals surface area contributed by atoms with Crippen LogP contribution in [-0.4, -0.2) is 21.1 Å². The molecule has 26 heavy (non-hydrogen) atoms. The van der Waals surface area contributed by atoms with E-state index in [1.165, 1.54) is 35.1 Å². The zero-order chi connectivity index (χ0) is 18.5. The fourth-order valence-corrected chi connectivity index (χ4v) is 4.70. The van der Waals surface area contributed by atoms with E-state index in [1.54, 1.807) is 0 Å². The molecule has 1 aliphatic rings. The standard InChI is InChI=1S/C19H22N4OS2/c1-3-16(17(24)23-19-21-12(2)11-25-19)26-18-14(10-20)9-13-7-5-4-6-8-15(13)22-18/h9,11,16H,3-8H2,1-2H3,(H,21,23,24). The number of nitrogens with one attached hydrogen (secondary N) is 1. The maximum Gasteiger partial charge on any atom is 0.239 e. The highest BCUT2D eigenvalue weighted by atomic mass is 32.2. The Morgan fingerprint density at radius 3 is 2.88 bits per heavy atom. The van der Waals surface area contributed by atoms with Crippen LogP contribution in [0.5, 0.6) is 0 Å². The lowest BCUT2D eigenvalue weighted by Crippen LogP contribution is -2.24. The van der Waals surface area contributed by atoms with E-state index in [2.05, 4.69) is 16.4 Å². The Labute approximate surface area is 162 Å². The van der Waals surface area contributed by atoms with E-state index in [0.29, 0.717) is 22.1 Å². The van der Waals surface area contributed by atoms with E-state index in [4.69, 9.17) is 4.98 Å². The number of hydrogen-bond acceptors (Lipinski definition) is 6. The van der Waals surface area contributed by atoms with Crippen molar-refractivity contribution in [1.29, 1.82) is 5.26 Å². The second kappa shape index (κ2) is 8.65. The van der Waals surface area contributed by atoms with Gasteiger partial charge in [0.25, 0.3) is 0 Å². The Balaban J connectivity index is 1.80. The van der Waals surface area contributed by atoms with Gasteiger partial charge in [-0.3, -0.25) is 4.79 Å². The molecule has 0 fully saturated rings. The minimum atomic E-state index is -0.303. The summed E-state index contributed by atoms with van der Waals surface area (Å²) in [5, 5.41) is 15.3. The predicted octanol–water partition coefficient (Wildman–Crippen LogP) is 4.50. The molecule has 0 aromatic carbocycles. The molecule has 0 spiro atoms. The van der Waals surface area contributed by atoms with Crippen molar-refractivity contribution in [2.75, 3.05) is 5.32 Å². The molecule has 0 radical (unpaired) electrons. The van der Waals surface area contributed by atoms with Crippen LogP contribution in [0.2, 0.25) is 0 Å². The molecule has 136 valence electrons. The number of carbonyl (C=O) groups is 1. The first-order valence-electron chi connectivity index (χ1n) is 8.93. The Morgan fingerprint density at radius 1 is 1.38 bits per heavy atom. The van der Waals surface area contributed by atoms with Crippen molar-refractivity contribution in [1.82, 2.24) is 9.97 Å². The summed E-state index contributed by atoms with van der Waals surface area (Å²) in [6.07, 6.45) is 6.09. The molecule has 0 aliphatic heterocycles. The summed E-state index contributed by atoms with van der Waals surface area (Å²) in [4.78, 5) is 21.7. The maximum atomic E-state index is 12.6. The number of nitriles is 1. The lowest BCUT2D eigenvalue weighted by Gasteiger charge is -2.15. The minimum Gasteiger partial charge on any atom is -0.301 e. The van der Waals surface area contributed by atoms with Crippen LogP contribution < -0.4 is 5.32 Å². The van der Waals surface area contributed by atoms with Crippen LogP contribution in [0, 0.1) is 18.3 Å². The number of anilines is 1. The molecule has 1 amide bonds. The third-order valence-corrected chi connectivity index (χ3v) is 6.64. The molecule has 0 bridgehead atoms. The van der Waals surface area contributed by atoms with Gasteiger partial charge >= 0.3 is 0 Å². The summed E-state index contributed by atoms with van der Waals surface area (Å²) in [6.45, 7) is 3.87. The van der Waals surface area contributed by atoms with Crippen LogP contribution >= 0.6 is 23.1 Å². The summed E-state index contributed by atoms with van der Waals surface area (Å²) in [7, 11) is 0. The fourth-order valence-electron chi connectivity index (χ4n) is 3.02. The third kappa shape index (κ3) is 4.43. The molecular weight excluding hydrogens is 364 g/mol. The number of thiazole rings is 1. The molecule has 2 heterocycles. The molecule has 2 aromatic heterocycles. The number of carbonyl (C=O) groups excluding carboxylic acids is 1. The summed E-state index contributed by atoms with van der Waals surface area (Å²) in [6, 6.07) is 4.24. The first kappa shape index (κ1) is 18.9. The second-order valence-electron chi connectivity index (χ2n) is 6.42. The second-order valence-corrected chi connectivity index (χ2v) is 8.47. The highest BCUT2D eigenvalue weighted by Gasteiger charge is 2.23. The quantitative estimate of drug-likeness (QED) is 0.605. The molecular formula is C19H22N4OS2. The number of aryl methyl sites for hydroxylation is 3. The zero-order valence-corrected chi connectivity index (χ0v) is 16.7. The summed E-state index contributed by atoms with van der Waals surface area (Å²) < 4.78 is 0. The van der Waals surface area contributed by atoms with Crippen molar-refractivity contribution in [2.45, 2.75) is 62.6 Å². The van der Waals surface area contributed by atoms with E-state index >= 15 is 0 Å². The van der Waals surface area contributed by atoms with Crippen LogP contribution in [0.3, 0.4) is 0 Å². The van der Waals surface area contributed by atoms with Gasteiger partial charge in [-0.1, -0.05) is 25.1 Å². The SMILES string of the molecule is CCC(Sc1nc2c(cc1C#N)CCCCC2)C(=O)Nc1nc(C)cs1. The number of aromatic nitrogens is 2. The van der Waals surface area contributed by atoms with Crippen LogP contribution in [-0.2, 0) is 17.6 Å². The van der Waals surface area contributed by atoms with E-state index in [1.807, 2.05) is 25.3 Å². The van der Waals surface area contributed by atoms with E-state index in [-0.39, 0.29) is 11.2 Å². The number of thioether (sulfide) groups is 1. The van der Waals surface area contributed by atoms with Gasteiger partial charge in [0, 0.05) is 11.1 Å². The van der Waals surface area contributed by atoms with Crippen molar-refractivity contribution in [3.8, 4) is 6.07 Å². The Morgan fingerprint density at radius 2 is 2.19 bits per heavy atom. The van der Waals surface area contributed by atoms with Crippen LogP contribution in [0.1, 0.15) is 55.1 Å². The number of hydrogen-bond donors (Lipinski definition) is 1. The number of pyridine rings is 1. The number of rotatable bonds is 5. The van der Waals surface area contributed by atoms with Crippen molar-refractivity contribution in [3.05, 3.63) is 34.0 Å². The molecule has 1 unspecified atom stereocenters. The van der Waals surface area contributed by atoms with Crippen LogP contribution in [0.25, 0.3) is 0 Å². The van der Waals surface area contributed by atoms with Crippen molar-refractivity contribution in [2.24, 2.45) is 0 Å². The number of amides is 1. The van der Waals surface area contributed by atoms with Crippen LogP contribution in [0.15, 0.2) is 16.5 Å². The van der Waals surface area contributed by atoms with Crippen LogP contribution in [0.4, 0.5) is 5.13 Å². The van der Waals surface area contributed by atoms with Gasteiger partial charge in [0.2, 0.25) is 5.91 Å². The van der Waals surface area contributed by atoms with E-state index in [9.17, 15) is 10.1 Å². The van der Waals surface area contributed by atoms with Crippen molar-refractivity contribution >= 4 is 34.1 Å². The van der Waals surface area contributed by atoms with Gasteiger partial charge in [-0.25, -0.2) is 9.97 Å². The topological polar surface area (TPSA) is 78.7 Å². The molecule has 3 rings (SSSR count). The molecule has 5 nitrogen and oxygen atoms in total. The first-order valence-corrected chi connectivity index (χ1v) is 10.7. The largest absolute Gasteiger partial charge is 0.301 e. The van der Waals surface area contributed by atoms with E-state index < -0.39 is 0 Å². The molecule has 1 atom stereocenters. The number of fused-ring (bicyclic) bond motifs is 1. The summed E-state index contributed by atoms with van der Waals surface area (Å²) in [5.74, 6) is -0.0903. The Kier molecular flexibility index (Phi) is 6.28. The zero-order valence-electron chi connectivity index (χ0n) is 15.0. The highest BCUT2D eigenvalue weighted by molar-refractivity contribution is 8.00. The molecule has 0 saturated carbocycles.